The summed E-state index contributed by atoms with van der Waals surface area (Å²) in [6.07, 6.45) is 7.81. The van der Waals surface area contributed by atoms with Gasteiger partial charge in [-0.25, -0.2) is 0 Å². The summed E-state index contributed by atoms with van der Waals surface area (Å²) in [6, 6.07) is 65.6. The fourth-order valence-corrected chi connectivity index (χ4v) is 9.72. The zero-order valence-corrected chi connectivity index (χ0v) is 40.0. The van der Waals surface area contributed by atoms with Crippen LogP contribution in [0.25, 0.3) is 34.0 Å². The third-order valence-electron chi connectivity index (χ3n) is 13.2. The van der Waals surface area contributed by atoms with E-state index in [1.807, 2.05) is 97.1 Å². The number of unbranched alkanes of at least 4 members (excludes halogenated alkanes) is 6. The summed E-state index contributed by atoms with van der Waals surface area (Å²) in [5.41, 5.74) is 9.82. The molecule has 10 rings (SSSR count). The first-order valence-corrected chi connectivity index (χ1v) is 24.9. The highest BCUT2D eigenvalue weighted by Crippen LogP contribution is 2.48. The average molecular weight is 923 g/mol. The van der Waals surface area contributed by atoms with Crippen LogP contribution in [0.2, 0.25) is 0 Å². The second-order valence-electron chi connectivity index (χ2n) is 17.9. The van der Waals surface area contributed by atoms with Crippen LogP contribution >= 0.6 is 0 Å². The van der Waals surface area contributed by atoms with Gasteiger partial charge in [-0.2, -0.15) is 0 Å². The van der Waals surface area contributed by atoms with E-state index in [9.17, 15) is 0 Å². The molecule has 2 aliphatic rings. The highest BCUT2D eigenvalue weighted by molar-refractivity contribution is 6.30. The van der Waals surface area contributed by atoms with Crippen molar-refractivity contribution in [2.75, 3.05) is 22.9 Å². The van der Waals surface area contributed by atoms with Crippen molar-refractivity contribution in [3.63, 3.8) is 0 Å². The largest absolute Gasteiger partial charge is 0.455 e. The van der Waals surface area contributed by atoms with E-state index in [1.165, 1.54) is 0 Å². The third-order valence-corrected chi connectivity index (χ3v) is 13.2. The van der Waals surface area contributed by atoms with Gasteiger partial charge in [-0.05, 0) is 134 Å². The molecule has 2 aliphatic heterocycles. The van der Waals surface area contributed by atoms with Gasteiger partial charge >= 0.3 is 0 Å². The van der Waals surface area contributed by atoms with Gasteiger partial charge in [0.2, 0.25) is 0 Å². The van der Waals surface area contributed by atoms with Gasteiger partial charge < -0.3 is 28.4 Å². The molecule has 0 N–H and O–H groups in total. The van der Waals surface area contributed by atoms with Gasteiger partial charge in [0.1, 0.15) is 22.9 Å². The zero-order chi connectivity index (χ0) is 47.8. The maximum atomic E-state index is 15.1. The number of fused-ring (bicyclic) bond motifs is 1. The molecule has 2 aromatic heterocycles. The molecule has 0 saturated heterocycles. The summed E-state index contributed by atoms with van der Waals surface area (Å²) in [5, 5.41) is 0. The lowest BCUT2D eigenvalue weighted by atomic mass is 10.1. The highest BCUT2D eigenvalue weighted by atomic mass is 16.3. The quantitative estimate of drug-likeness (QED) is 0.0709. The first-order valence-electron chi connectivity index (χ1n) is 24.9. The van der Waals surface area contributed by atoms with Gasteiger partial charge in [-0.15, -0.1) is 0 Å². The molecule has 8 heteroatoms. The highest BCUT2D eigenvalue weighted by Gasteiger charge is 2.50. The van der Waals surface area contributed by atoms with Crippen LogP contribution in [0.15, 0.2) is 214 Å². The molecule has 4 heterocycles. The molecule has 0 saturated carbocycles. The molecule has 0 fully saturated rings. The second kappa shape index (κ2) is 21.0. The van der Waals surface area contributed by atoms with Crippen LogP contribution in [0.4, 0.5) is 34.1 Å². The van der Waals surface area contributed by atoms with Gasteiger partial charge in [0.15, 0.2) is 11.5 Å². The van der Waals surface area contributed by atoms with Crippen molar-refractivity contribution < 1.29 is 18.4 Å². The standard InChI is InChI=1S/C62H58N4O4/c1-3-5-7-21-43-63-59(55-41-39-53(69-55)45-31-35-51(36-32-45)65(47-23-13-9-14-24-47)48-25-15-10-16-26-48)57-58(61(63)67)60(64(62(57)68)44-22-8-6-4-2)56-42-40-54(70-56)46-33-37-52(38-34-46)66(49-27-17-11-18-28-49)50-29-19-12-20-30-50/h9-20,23-42H,3-8,21-22,43-44H2,1-2H3. The monoisotopic (exact) mass is 922 g/mol. The molecular formula is C62H58N4O4. The number of rotatable bonds is 20. The van der Waals surface area contributed by atoms with Crippen molar-refractivity contribution in [3.8, 4) is 22.6 Å². The number of hydrogen-bond donors (Lipinski definition) is 0. The van der Waals surface area contributed by atoms with Crippen molar-refractivity contribution >= 4 is 57.3 Å². The van der Waals surface area contributed by atoms with E-state index >= 15 is 9.59 Å². The Bertz CT molecular complexity index is 2810. The number of furan rings is 2. The Kier molecular flexibility index (Phi) is 13.7. The van der Waals surface area contributed by atoms with Crippen LogP contribution < -0.4 is 9.80 Å². The van der Waals surface area contributed by atoms with Gasteiger partial charge in [-0.1, -0.05) is 125 Å². The topological polar surface area (TPSA) is 73.4 Å². The van der Waals surface area contributed by atoms with Crippen molar-refractivity contribution in [1.29, 1.82) is 0 Å². The average Bonchev–Trinajstić information content (AvgIpc) is 4.21. The number of amides is 2. The maximum Gasteiger partial charge on any atom is 0.261 e. The van der Waals surface area contributed by atoms with Gasteiger partial charge in [0, 0.05) is 58.3 Å². The summed E-state index contributed by atoms with van der Waals surface area (Å²) in [5.74, 6) is 1.88. The SMILES string of the molecule is CCCCCCN1C(=O)C2=C(c3ccc(-c4ccc(N(c5ccccc5)c5ccccc5)cc4)o3)N(CCCCCC)C(=O)C2=C1c1ccc(-c2ccc(N(c3ccccc3)c3ccccc3)cc2)o1. The number of hydrogen-bond acceptors (Lipinski definition) is 6. The molecule has 0 atom stereocenters. The van der Waals surface area contributed by atoms with Crippen LogP contribution in [0.1, 0.15) is 76.7 Å². The molecule has 0 bridgehead atoms. The molecule has 0 aliphatic carbocycles. The normalized spacial score (nSPS) is 13.5. The number of benzene rings is 6. The molecule has 8 aromatic rings. The van der Waals surface area contributed by atoms with E-state index in [1.54, 1.807) is 9.80 Å². The summed E-state index contributed by atoms with van der Waals surface area (Å²) in [7, 11) is 0. The van der Waals surface area contributed by atoms with Crippen LogP contribution in [0, 0.1) is 0 Å². The Morgan fingerprint density at radius 3 is 0.957 bits per heavy atom. The fraction of sp³-hybridized carbons (Fsp3) is 0.194. The predicted molar refractivity (Wildman–Crippen MR) is 283 cm³/mol. The number of nitrogens with zero attached hydrogens (tertiary/aromatic N) is 4. The van der Waals surface area contributed by atoms with E-state index in [0.717, 1.165) is 96.6 Å². The van der Waals surface area contributed by atoms with Crippen molar-refractivity contribution in [2.45, 2.75) is 65.2 Å². The fourth-order valence-electron chi connectivity index (χ4n) is 9.72. The summed E-state index contributed by atoms with van der Waals surface area (Å²) >= 11 is 0. The van der Waals surface area contributed by atoms with Crippen molar-refractivity contribution in [2.24, 2.45) is 0 Å². The molecule has 70 heavy (non-hydrogen) atoms. The summed E-state index contributed by atoms with van der Waals surface area (Å²) < 4.78 is 13.5. The van der Waals surface area contributed by atoms with E-state index in [0.29, 0.717) is 58.7 Å². The van der Waals surface area contributed by atoms with Crippen molar-refractivity contribution in [3.05, 3.63) is 217 Å². The number of carbonyl (C=O) groups is 2. The minimum atomic E-state index is -0.200. The van der Waals surface area contributed by atoms with Crippen molar-refractivity contribution in [1.82, 2.24) is 9.80 Å². The number of para-hydroxylation sites is 4. The van der Waals surface area contributed by atoms with Gasteiger partial charge in [-0.3, -0.25) is 9.59 Å². The smallest absolute Gasteiger partial charge is 0.261 e. The first-order chi connectivity index (χ1) is 34.5. The van der Waals surface area contributed by atoms with E-state index in [4.69, 9.17) is 8.83 Å². The lowest BCUT2D eigenvalue weighted by Crippen LogP contribution is -2.31. The van der Waals surface area contributed by atoms with Crippen LogP contribution in [0.3, 0.4) is 0 Å². The molecule has 6 aromatic carbocycles. The Labute approximate surface area is 411 Å². The van der Waals surface area contributed by atoms with E-state index < -0.39 is 0 Å². The summed E-state index contributed by atoms with van der Waals surface area (Å²) in [6.45, 7) is 5.29. The van der Waals surface area contributed by atoms with E-state index in [2.05, 4.69) is 121 Å². The Morgan fingerprint density at radius 2 is 0.643 bits per heavy atom. The van der Waals surface area contributed by atoms with Gasteiger partial charge in [0.05, 0.1) is 11.1 Å². The molecule has 0 unspecified atom stereocenters. The summed E-state index contributed by atoms with van der Waals surface area (Å²) in [4.78, 5) is 38.1. The predicted octanol–water partition coefficient (Wildman–Crippen LogP) is 16.1. The minimum absolute atomic E-state index is 0.200. The molecule has 350 valence electrons. The Morgan fingerprint density at radius 1 is 0.343 bits per heavy atom. The van der Waals surface area contributed by atoms with Crippen LogP contribution in [-0.4, -0.2) is 34.7 Å². The number of carbonyl (C=O) groups excluding carboxylic acids is 2. The van der Waals surface area contributed by atoms with Gasteiger partial charge in [0.25, 0.3) is 11.8 Å². The molecule has 8 nitrogen and oxygen atoms in total. The molecule has 2 amide bonds. The minimum Gasteiger partial charge on any atom is -0.455 e. The van der Waals surface area contributed by atoms with Crippen LogP contribution in [0.5, 0.6) is 0 Å². The second-order valence-corrected chi connectivity index (χ2v) is 17.9. The lowest BCUT2D eigenvalue weighted by Gasteiger charge is -2.25. The van der Waals surface area contributed by atoms with Crippen LogP contribution in [-0.2, 0) is 9.59 Å². The zero-order valence-electron chi connectivity index (χ0n) is 40.0. The first kappa shape index (κ1) is 45.7. The molecular weight excluding hydrogens is 865 g/mol. The Balaban J connectivity index is 1.01. The third kappa shape index (κ3) is 9.25. The van der Waals surface area contributed by atoms with E-state index in [-0.39, 0.29) is 11.8 Å². The molecule has 0 spiro atoms. The maximum absolute atomic E-state index is 15.1. The Hall–Kier alpha value is -8.10. The lowest BCUT2D eigenvalue weighted by molar-refractivity contribution is -0.124. The molecule has 0 radical (unpaired) electrons. The number of anilines is 6.